The van der Waals surface area contributed by atoms with Crippen LogP contribution >= 0.6 is 43.2 Å². The van der Waals surface area contributed by atoms with Crippen molar-refractivity contribution in [3.8, 4) is 0 Å². The van der Waals surface area contributed by atoms with Gasteiger partial charge in [0.15, 0.2) is 0 Å². The van der Waals surface area contributed by atoms with E-state index in [1.165, 1.54) is 0 Å². The number of hydrogen-bond donors (Lipinski definition) is 18. The molecular formula is C40H62N12O24S4Se. The molecule has 0 saturated heterocycles. The molecule has 0 aliphatic carbocycles. The Labute approximate surface area is 480 Å². The zero-order valence-corrected chi connectivity index (χ0v) is 47.3. The number of hydrogen-bond acceptors (Lipinski definition) is 24. The summed E-state index contributed by atoms with van der Waals surface area (Å²) >= 11 is -2.06. The first-order chi connectivity index (χ1) is 37.7. The summed E-state index contributed by atoms with van der Waals surface area (Å²) in [4.78, 5) is 198. The van der Waals surface area contributed by atoms with Gasteiger partial charge in [-0.05, 0) is 0 Å². The van der Waals surface area contributed by atoms with Crippen LogP contribution in [0.1, 0.15) is 51.4 Å². The molecule has 0 fully saturated rings. The standard InChI is InChI=1S/C40H62N12O24S4Se/c41-17(37(69)70)1-5-25(53)47-21(33(65)45-9-29(57)58)13-77-79-15-23(49-27(55)7-3-19(43)39(73)74)35(67)51(11-31(61)62)81-52(12-32(63)64)36(68)24(50-28(56)8-4-20(44)40(75)76)16-80-78-14-22(34(66)46-10-30(59)60)48-26(54)6-2-18(42)38(71)72/h17-24H,1-16,41-44H2,(H,45,65)(H,46,66)(H,47,53)(H,48,54)(H,49,55)(H,50,56)(H,57,58)(H,59,60)(H,61,62)(H,63,64)(H,69,70)(H,71,72)(H,73,74)(H,75,76)/t17-,18-,19-,20-,21-,22-,23-,24-/m0/s1. The van der Waals surface area contributed by atoms with Crippen molar-refractivity contribution in [3.63, 3.8) is 0 Å². The fraction of sp³-hybridized carbons (Fsp3) is 0.600. The molecule has 0 bridgehead atoms. The predicted molar refractivity (Wildman–Crippen MR) is 283 cm³/mol. The number of carboxylic acids is 8. The summed E-state index contributed by atoms with van der Waals surface area (Å²) in [5.41, 5.74) is 21.9. The van der Waals surface area contributed by atoms with Crippen LogP contribution in [-0.4, -0.2) is 257 Å². The monoisotopic (exact) mass is 1300 g/mol. The Morgan fingerprint density at radius 1 is 0.370 bits per heavy atom. The van der Waals surface area contributed by atoms with E-state index in [2.05, 4.69) is 21.3 Å². The van der Waals surface area contributed by atoms with Crippen LogP contribution in [0.3, 0.4) is 0 Å². The van der Waals surface area contributed by atoms with E-state index >= 15 is 0 Å². The molecule has 41 heteroatoms. The van der Waals surface area contributed by atoms with Gasteiger partial charge in [-0.3, -0.25) is 19.2 Å². The molecule has 81 heavy (non-hydrogen) atoms. The topological polar surface area (TPSA) is 618 Å². The van der Waals surface area contributed by atoms with Crippen LogP contribution in [0.4, 0.5) is 0 Å². The first-order valence-electron chi connectivity index (χ1n) is 23.1. The average Bonchev–Trinajstić information content (AvgIpc) is 3.38. The smallest absolute Gasteiger partial charge is 0.480 e. The van der Waals surface area contributed by atoms with Gasteiger partial charge in [0.05, 0.1) is 0 Å². The summed E-state index contributed by atoms with van der Waals surface area (Å²) in [6, 6.07) is -12.9. The van der Waals surface area contributed by atoms with Gasteiger partial charge in [-0.15, -0.1) is 0 Å². The van der Waals surface area contributed by atoms with E-state index in [0.29, 0.717) is 51.0 Å². The van der Waals surface area contributed by atoms with Crippen molar-refractivity contribution in [3.05, 3.63) is 0 Å². The molecule has 0 aliphatic heterocycles. The maximum absolute atomic E-state index is 14.4. The van der Waals surface area contributed by atoms with Gasteiger partial charge in [-0.1, -0.05) is 0 Å². The van der Waals surface area contributed by atoms with Crippen molar-refractivity contribution in [1.29, 1.82) is 0 Å². The molecule has 0 radical (unpaired) electrons. The normalized spacial score (nSPS) is 13.8. The maximum atomic E-state index is 14.4. The van der Waals surface area contributed by atoms with Crippen LogP contribution in [-0.2, 0) is 76.7 Å². The number of nitrogens with one attached hydrogen (secondary N) is 6. The Kier molecular flexibility index (Phi) is 36.3. The fourth-order valence-corrected chi connectivity index (χ4v) is 12.2. The Morgan fingerprint density at radius 2 is 0.605 bits per heavy atom. The van der Waals surface area contributed by atoms with Gasteiger partial charge >= 0.3 is 420 Å². The van der Waals surface area contributed by atoms with Gasteiger partial charge in [0, 0.05) is 0 Å². The van der Waals surface area contributed by atoms with Crippen molar-refractivity contribution in [2.75, 3.05) is 49.2 Å². The number of rotatable bonds is 44. The number of carboxylic acid groups (broad SMARTS) is 8. The molecule has 0 aliphatic rings. The van der Waals surface area contributed by atoms with E-state index in [1.54, 1.807) is 0 Å². The minimum absolute atomic E-state index is 0.381. The minimum atomic E-state index is -2.06. The van der Waals surface area contributed by atoms with Crippen LogP contribution in [0, 0.1) is 0 Å². The third kappa shape index (κ3) is 33.6. The zero-order valence-electron chi connectivity index (χ0n) is 42.3. The zero-order chi connectivity index (χ0) is 62.1. The molecule has 22 N–H and O–H groups in total. The summed E-state index contributed by atoms with van der Waals surface area (Å²) < 4.78 is 0.886. The Morgan fingerprint density at radius 3 is 0.827 bits per heavy atom. The third-order valence-electron chi connectivity index (χ3n) is 9.75. The molecular weight excluding hydrogens is 1240 g/mol. The van der Waals surface area contributed by atoms with E-state index in [0.717, 1.165) is 0 Å². The van der Waals surface area contributed by atoms with Gasteiger partial charge in [-0.25, -0.2) is 0 Å². The van der Waals surface area contributed by atoms with Crippen molar-refractivity contribution in [2.45, 2.75) is 99.7 Å². The molecule has 0 spiro atoms. The number of nitrogens with two attached hydrogens (primary N) is 4. The molecule has 0 saturated carbocycles. The van der Waals surface area contributed by atoms with E-state index < -0.39 is 246 Å². The van der Waals surface area contributed by atoms with Crippen molar-refractivity contribution in [2.24, 2.45) is 22.9 Å². The fourth-order valence-electron chi connectivity index (χ4n) is 5.46. The Balaban J connectivity index is 7.10. The molecule has 0 aromatic carbocycles. The Bertz CT molecular complexity index is 2140. The first kappa shape index (κ1) is 74.3. The second-order valence-corrected chi connectivity index (χ2v) is 23.7. The number of aliphatic carboxylic acids is 8. The van der Waals surface area contributed by atoms with E-state index in [9.17, 15) is 97.1 Å². The van der Waals surface area contributed by atoms with Crippen molar-refractivity contribution in [1.82, 2.24) is 39.7 Å². The van der Waals surface area contributed by atoms with Gasteiger partial charge in [0.1, 0.15) is 12.1 Å². The number of amides is 8. The molecule has 0 aromatic heterocycles. The van der Waals surface area contributed by atoms with Gasteiger partial charge in [-0.2, -0.15) is 0 Å². The van der Waals surface area contributed by atoms with Crippen molar-refractivity contribution >= 4 is 154 Å². The summed E-state index contributed by atoms with van der Waals surface area (Å²) in [7, 11) is 2.77. The van der Waals surface area contributed by atoms with E-state index in [-0.39, 0.29) is 12.8 Å². The number of carbonyl (C=O) groups is 16. The molecule has 456 valence electrons. The molecule has 8 atom stereocenters. The molecule has 0 rings (SSSR count). The molecule has 8 amide bonds. The Hall–Kier alpha value is -6.72. The number of carbonyl (C=O) groups excluding carboxylic acids is 8. The van der Waals surface area contributed by atoms with Crippen molar-refractivity contribution < 1.29 is 118 Å². The van der Waals surface area contributed by atoms with E-state index in [1.807, 2.05) is 10.6 Å². The average molecular weight is 1300 g/mol. The summed E-state index contributed by atoms with van der Waals surface area (Å²) in [5.74, 6) is -23.0. The van der Waals surface area contributed by atoms with Gasteiger partial charge in [0.2, 0.25) is 0 Å². The third-order valence-corrected chi connectivity index (χ3v) is 16.7. The summed E-state index contributed by atoms with van der Waals surface area (Å²) in [6.45, 7) is -4.45. The molecule has 0 heterocycles. The second-order valence-electron chi connectivity index (χ2n) is 16.4. The van der Waals surface area contributed by atoms with E-state index in [4.69, 9.17) is 43.4 Å². The van der Waals surface area contributed by atoms with Crippen LogP contribution < -0.4 is 54.8 Å². The molecule has 36 nitrogen and oxygen atoms in total. The molecule has 0 aromatic rings. The van der Waals surface area contributed by atoms with Crippen LogP contribution in [0.5, 0.6) is 0 Å². The predicted octanol–water partition coefficient (Wildman–Crippen LogP) is -7.78. The van der Waals surface area contributed by atoms with Crippen LogP contribution in [0.15, 0.2) is 0 Å². The second kappa shape index (κ2) is 39.6. The van der Waals surface area contributed by atoms with Crippen LogP contribution in [0.2, 0.25) is 0 Å². The van der Waals surface area contributed by atoms with Gasteiger partial charge in [0.25, 0.3) is 0 Å². The van der Waals surface area contributed by atoms with Gasteiger partial charge < -0.3 is 31.9 Å². The summed E-state index contributed by atoms with van der Waals surface area (Å²) in [6.07, 6.45) is -4.08. The number of nitrogens with zero attached hydrogens (tertiary/aromatic N) is 2. The first-order valence-corrected chi connectivity index (χ1v) is 29.6. The SMILES string of the molecule is N[C@@H](CCC(=O)N[C@@H](CSSC[C@H](NC(=O)CC[C@H](N)C(=O)O)C(=O)N(CC(=O)O)[Se]N(CC(=O)O)C(=O)[C@H](CSSC[C@H](NC(=O)CC[C@H](N)C(=O)O)C(=O)NCC(=O)O)NC(=O)CC[C@H](N)C(=O)O)C(=O)NCC(=O)O)C(=O)O. The molecule has 0 unspecified atom stereocenters. The minimum Gasteiger partial charge on any atom is -0.480 e. The van der Waals surface area contributed by atoms with Crippen LogP contribution in [0.25, 0.3) is 0 Å². The summed E-state index contributed by atoms with van der Waals surface area (Å²) in [5, 5.41) is 87.7. The quantitative estimate of drug-likeness (QED) is 0.0153.